The molecule has 1 aromatic carbocycles. The predicted octanol–water partition coefficient (Wildman–Crippen LogP) is 3.53. The van der Waals surface area contributed by atoms with E-state index < -0.39 is 9.84 Å². The largest absolute Gasteiger partial charge is 0.309 e. The molecular weight excluding hydrogens is 358 g/mol. The number of nitrogens with one attached hydrogen (secondary N) is 1. The number of halogens is 1. The Morgan fingerprint density at radius 3 is 2.50 bits per heavy atom. The molecular formula is C14H16BrNO2S2. The molecule has 108 valence electrons. The van der Waals surface area contributed by atoms with Crippen molar-refractivity contribution in [1.29, 1.82) is 0 Å². The molecule has 1 unspecified atom stereocenters. The fourth-order valence-corrected chi connectivity index (χ4v) is 4.77. The molecule has 0 fully saturated rings. The van der Waals surface area contributed by atoms with Gasteiger partial charge in [0.1, 0.15) is 0 Å². The van der Waals surface area contributed by atoms with E-state index in [2.05, 4.69) is 34.2 Å². The zero-order valence-electron chi connectivity index (χ0n) is 11.5. The average molecular weight is 374 g/mol. The number of rotatable bonds is 4. The first-order valence-electron chi connectivity index (χ1n) is 6.06. The Morgan fingerprint density at radius 1 is 1.30 bits per heavy atom. The van der Waals surface area contributed by atoms with Crippen molar-refractivity contribution in [1.82, 2.24) is 5.32 Å². The molecule has 0 aliphatic rings. The van der Waals surface area contributed by atoms with Crippen molar-refractivity contribution in [2.75, 3.05) is 13.3 Å². The summed E-state index contributed by atoms with van der Waals surface area (Å²) in [5.41, 5.74) is 0.943. The van der Waals surface area contributed by atoms with E-state index in [1.54, 1.807) is 29.5 Å². The van der Waals surface area contributed by atoms with Crippen molar-refractivity contribution < 1.29 is 8.42 Å². The number of aryl methyl sites for hydroxylation is 1. The zero-order valence-corrected chi connectivity index (χ0v) is 14.7. The van der Waals surface area contributed by atoms with Crippen LogP contribution < -0.4 is 5.32 Å². The minimum Gasteiger partial charge on any atom is -0.309 e. The number of thiophene rings is 1. The Kier molecular flexibility index (Phi) is 4.69. The lowest BCUT2D eigenvalue weighted by atomic mass is 10.1. The maximum atomic E-state index is 11.7. The Morgan fingerprint density at radius 2 is 2.00 bits per heavy atom. The summed E-state index contributed by atoms with van der Waals surface area (Å²) in [6.45, 7) is 2.05. The monoisotopic (exact) mass is 373 g/mol. The summed E-state index contributed by atoms with van der Waals surface area (Å²) in [5.74, 6) is 0. The summed E-state index contributed by atoms with van der Waals surface area (Å²) in [5, 5.41) is 3.25. The van der Waals surface area contributed by atoms with Crippen LogP contribution in [-0.2, 0) is 9.84 Å². The van der Waals surface area contributed by atoms with Gasteiger partial charge >= 0.3 is 0 Å². The van der Waals surface area contributed by atoms with Gasteiger partial charge in [-0.3, -0.25) is 0 Å². The van der Waals surface area contributed by atoms with Gasteiger partial charge in [0.2, 0.25) is 0 Å². The molecule has 3 nitrogen and oxygen atoms in total. The zero-order chi connectivity index (χ0) is 14.9. The highest BCUT2D eigenvalue weighted by Crippen LogP contribution is 2.35. The van der Waals surface area contributed by atoms with Crippen molar-refractivity contribution in [3.8, 4) is 0 Å². The number of sulfone groups is 1. The molecule has 0 aliphatic carbocycles. The van der Waals surface area contributed by atoms with E-state index in [1.807, 2.05) is 13.1 Å². The van der Waals surface area contributed by atoms with Crippen LogP contribution in [0.25, 0.3) is 0 Å². The Hall–Kier alpha value is -0.690. The Bertz CT molecular complexity index is 723. The molecule has 0 saturated carbocycles. The number of hydrogen-bond donors (Lipinski definition) is 1. The lowest BCUT2D eigenvalue weighted by Gasteiger charge is -2.16. The minimum atomic E-state index is -3.19. The topological polar surface area (TPSA) is 46.2 Å². The van der Waals surface area contributed by atoms with Crippen LogP contribution in [0, 0.1) is 6.92 Å². The van der Waals surface area contributed by atoms with Crippen LogP contribution >= 0.6 is 27.3 Å². The van der Waals surface area contributed by atoms with Gasteiger partial charge in [0.05, 0.1) is 10.9 Å². The molecule has 0 amide bonds. The number of hydrogen-bond acceptors (Lipinski definition) is 4. The van der Waals surface area contributed by atoms with E-state index >= 15 is 0 Å². The third-order valence-corrected chi connectivity index (χ3v) is 6.15. The second-order valence-corrected chi connectivity index (χ2v) is 8.79. The quantitative estimate of drug-likeness (QED) is 0.891. The van der Waals surface area contributed by atoms with Crippen molar-refractivity contribution in [2.45, 2.75) is 17.9 Å². The van der Waals surface area contributed by atoms with Gasteiger partial charge in [0, 0.05) is 20.5 Å². The summed E-state index contributed by atoms with van der Waals surface area (Å²) >= 11 is 5.26. The van der Waals surface area contributed by atoms with Gasteiger partial charge in [0.25, 0.3) is 0 Å². The lowest BCUT2D eigenvalue weighted by Crippen LogP contribution is -2.17. The van der Waals surface area contributed by atoms with E-state index in [4.69, 9.17) is 0 Å². The molecule has 0 aliphatic heterocycles. The molecule has 0 bridgehead atoms. The van der Waals surface area contributed by atoms with Crippen LogP contribution in [0.2, 0.25) is 0 Å². The van der Waals surface area contributed by atoms with Crippen molar-refractivity contribution in [2.24, 2.45) is 0 Å². The van der Waals surface area contributed by atoms with Gasteiger partial charge in [-0.2, -0.15) is 0 Å². The summed E-state index contributed by atoms with van der Waals surface area (Å²) in [4.78, 5) is 2.71. The molecule has 0 radical (unpaired) electrons. The Balaban J connectivity index is 2.50. The Labute approximate surface area is 132 Å². The van der Waals surface area contributed by atoms with Crippen LogP contribution in [-0.4, -0.2) is 21.7 Å². The number of benzene rings is 1. The molecule has 1 aromatic heterocycles. The predicted molar refractivity (Wildman–Crippen MR) is 87.2 cm³/mol. The normalized spacial score (nSPS) is 13.4. The average Bonchev–Trinajstić information content (AvgIpc) is 2.69. The van der Waals surface area contributed by atoms with Gasteiger partial charge in [-0.15, -0.1) is 11.3 Å². The molecule has 1 N–H and O–H groups in total. The smallest absolute Gasteiger partial charge is 0.175 e. The van der Waals surface area contributed by atoms with Gasteiger partial charge in [-0.05, 0) is 53.7 Å². The molecule has 1 heterocycles. The van der Waals surface area contributed by atoms with Crippen LogP contribution in [0.15, 0.2) is 39.7 Å². The van der Waals surface area contributed by atoms with E-state index in [0.29, 0.717) is 4.90 Å². The highest BCUT2D eigenvalue weighted by atomic mass is 79.9. The van der Waals surface area contributed by atoms with Crippen LogP contribution in [0.1, 0.15) is 21.4 Å². The molecule has 0 spiro atoms. The molecule has 0 saturated heterocycles. The first kappa shape index (κ1) is 15.7. The van der Waals surface area contributed by atoms with Crippen molar-refractivity contribution in [3.05, 3.63) is 50.1 Å². The summed E-state index contributed by atoms with van der Waals surface area (Å²) in [6, 6.07) is 9.13. The fourth-order valence-electron chi connectivity index (χ4n) is 2.07. The molecule has 6 heteroatoms. The second-order valence-electron chi connectivity index (χ2n) is 4.64. The van der Waals surface area contributed by atoms with E-state index in [-0.39, 0.29) is 6.04 Å². The van der Waals surface area contributed by atoms with Gasteiger partial charge in [0.15, 0.2) is 9.84 Å². The first-order valence-corrected chi connectivity index (χ1v) is 9.56. The maximum absolute atomic E-state index is 11.7. The second kappa shape index (κ2) is 5.97. The van der Waals surface area contributed by atoms with Crippen LogP contribution in [0.4, 0.5) is 0 Å². The van der Waals surface area contributed by atoms with Gasteiger partial charge in [-0.1, -0.05) is 12.1 Å². The van der Waals surface area contributed by atoms with E-state index in [0.717, 1.165) is 14.9 Å². The SMILES string of the molecule is CNC(c1cccc(S(C)(=O)=O)c1)c1sc(C)cc1Br. The molecule has 1 atom stereocenters. The highest BCUT2D eigenvalue weighted by molar-refractivity contribution is 9.10. The molecule has 20 heavy (non-hydrogen) atoms. The summed E-state index contributed by atoms with van der Waals surface area (Å²) in [7, 11) is -1.32. The molecule has 2 rings (SSSR count). The highest BCUT2D eigenvalue weighted by Gasteiger charge is 2.19. The van der Waals surface area contributed by atoms with Gasteiger partial charge < -0.3 is 5.32 Å². The summed E-state index contributed by atoms with van der Waals surface area (Å²) < 4.78 is 24.4. The first-order chi connectivity index (χ1) is 9.32. The summed E-state index contributed by atoms with van der Waals surface area (Å²) in [6.07, 6.45) is 1.23. The van der Waals surface area contributed by atoms with E-state index in [1.165, 1.54) is 11.1 Å². The third kappa shape index (κ3) is 3.31. The van der Waals surface area contributed by atoms with Crippen molar-refractivity contribution in [3.63, 3.8) is 0 Å². The van der Waals surface area contributed by atoms with E-state index in [9.17, 15) is 8.42 Å². The van der Waals surface area contributed by atoms with Gasteiger partial charge in [-0.25, -0.2) is 8.42 Å². The van der Waals surface area contributed by atoms with Crippen LogP contribution in [0.5, 0.6) is 0 Å². The minimum absolute atomic E-state index is 0.0234. The fraction of sp³-hybridized carbons (Fsp3) is 0.286. The third-order valence-electron chi connectivity index (χ3n) is 3.01. The van der Waals surface area contributed by atoms with Crippen molar-refractivity contribution >= 4 is 37.1 Å². The lowest BCUT2D eigenvalue weighted by molar-refractivity contribution is 0.601. The van der Waals surface area contributed by atoms with Crippen LogP contribution in [0.3, 0.4) is 0 Å². The maximum Gasteiger partial charge on any atom is 0.175 e. The molecule has 2 aromatic rings. The standard InChI is InChI=1S/C14H16BrNO2S2/c1-9-7-12(15)14(19-9)13(16-2)10-5-4-6-11(8-10)20(3,17)18/h4-8,13,16H,1-3H3.